The Bertz CT molecular complexity index is 1270. The number of ether oxygens (including phenoxy) is 2. The van der Waals surface area contributed by atoms with Crippen LogP contribution in [0.4, 0.5) is 0 Å². The van der Waals surface area contributed by atoms with Gasteiger partial charge in [-0.25, -0.2) is 4.99 Å². The molecule has 2 aromatic rings. The molecule has 0 radical (unpaired) electrons. The molecule has 7 rings (SSSR count). The molecule has 2 amide bonds. The molecule has 186 valence electrons. The van der Waals surface area contributed by atoms with Gasteiger partial charge in [0.05, 0.1) is 31.3 Å². The van der Waals surface area contributed by atoms with Gasteiger partial charge in [-0.15, -0.1) is 0 Å². The summed E-state index contributed by atoms with van der Waals surface area (Å²) < 4.78 is 11.7. The summed E-state index contributed by atoms with van der Waals surface area (Å²) in [6, 6.07) is 10.9. The van der Waals surface area contributed by atoms with E-state index in [9.17, 15) is 9.59 Å². The monoisotopic (exact) mass is 486 g/mol. The zero-order chi connectivity index (χ0) is 24.6. The molecule has 5 aliphatic rings. The van der Waals surface area contributed by atoms with Gasteiger partial charge < -0.3 is 20.5 Å². The lowest BCUT2D eigenvalue weighted by atomic mass is 9.94. The van der Waals surface area contributed by atoms with Gasteiger partial charge in [0, 0.05) is 36.0 Å². The normalized spacial score (nSPS) is 26.4. The van der Waals surface area contributed by atoms with Crippen molar-refractivity contribution in [2.75, 3.05) is 13.2 Å². The Morgan fingerprint density at radius 3 is 2.64 bits per heavy atom. The van der Waals surface area contributed by atoms with Crippen LogP contribution in [0.2, 0.25) is 0 Å². The van der Waals surface area contributed by atoms with Crippen molar-refractivity contribution >= 4 is 23.8 Å². The number of nitrogens with zero attached hydrogens (tertiary/aromatic N) is 2. The third-order valence-electron chi connectivity index (χ3n) is 7.43. The number of nitrogens with two attached hydrogens (primary N) is 1. The highest BCUT2D eigenvalue weighted by Gasteiger charge is 2.37. The van der Waals surface area contributed by atoms with E-state index >= 15 is 0 Å². The lowest BCUT2D eigenvalue weighted by molar-refractivity contribution is -0.130. The largest absolute Gasteiger partial charge is 0.493 e. The van der Waals surface area contributed by atoms with Crippen molar-refractivity contribution in [3.63, 3.8) is 0 Å². The molecule has 0 saturated carbocycles. The van der Waals surface area contributed by atoms with Gasteiger partial charge in [0.2, 0.25) is 5.91 Å². The third-order valence-corrected chi connectivity index (χ3v) is 7.43. The van der Waals surface area contributed by atoms with Gasteiger partial charge in [-0.2, -0.15) is 0 Å². The Morgan fingerprint density at radius 1 is 0.972 bits per heavy atom. The van der Waals surface area contributed by atoms with Crippen molar-refractivity contribution in [2.45, 2.75) is 56.7 Å². The molecule has 0 spiro atoms. The Morgan fingerprint density at radius 2 is 1.78 bits per heavy atom. The lowest BCUT2D eigenvalue weighted by Crippen LogP contribution is -2.50. The second kappa shape index (κ2) is 9.33. The van der Waals surface area contributed by atoms with Crippen LogP contribution in [0, 0.1) is 0 Å². The van der Waals surface area contributed by atoms with Gasteiger partial charge >= 0.3 is 0 Å². The highest BCUT2D eigenvalue weighted by Crippen LogP contribution is 2.39. The number of fused-ring (bicyclic) bond motifs is 5. The maximum absolute atomic E-state index is 13.4. The molecule has 36 heavy (non-hydrogen) atoms. The molecule has 6 bridgehead atoms. The quantitative estimate of drug-likeness (QED) is 0.588. The zero-order valence-electron chi connectivity index (χ0n) is 20.1. The molecule has 0 aromatic heterocycles. The van der Waals surface area contributed by atoms with Crippen LogP contribution >= 0.6 is 0 Å². The van der Waals surface area contributed by atoms with Crippen LogP contribution < -0.4 is 20.5 Å². The van der Waals surface area contributed by atoms with Crippen LogP contribution in [-0.4, -0.2) is 41.9 Å². The first-order valence-corrected chi connectivity index (χ1v) is 12.7. The van der Waals surface area contributed by atoms with Gasteiger partial charge in [-0.1, -0.05) is 18.2 Å². The van der Waals surface area contributed by atoms with Crippen LogP contribution in [0.15, 0.2) is 47.5 Å². The van der Waals surface area contributed by atoms with E-state index in [0.717, 1.165) is 41.7 Å². The number of hydrogen-bond acceptors (Lipinski definition) is 6. The second-order valence-corrected chi connectivity index (χ2v) is 9.81. The lowest BCUT2D eigenvalue weighted by Gasteiger charge is -2.38. The van der Waals surface area contributed by atoms with Crippen molar-refractivity contribution in [3.05, 3.63) is 64.7 Å². The van der Waals surface area contributed by atoms with Gasteiger partial charge in [-0.05, 0) is 55.2 Å². The number of aliphatic imine (C=N–C) groups is 1. The first-order chi connectivity index (χ1) is 17.6. The maximum atomic E-state index is 13.4. The molecule has 2 aromatic carbocycles. The average Bonchev–Trinajstić information content (AvgIpc) is 2.88. The van der Waals surface area contributed by atoms with Crippen molar-refractivity contribution in [3.8, 4) is 11.5 Å². The Balaban J connectivity index is 1.40. The van der Waals surface area contributed by atoms with Crippen molar-refractivity contribution < 1.29 is 19.1 Å². The molecule has 3 atom stereocenters. The zero-order valence-corrected chi connectivity index (χ0v) is 20.1. The van der Waals surface area contributed by atoms with E-state index < -0.39 is 0 Å². The molecular formula is C28H30N4O4. The van der Waals surface area contributed by atoms with Crippen LogP contribution in [0.1, 0.15) is 77.7 Å². The molecule has 2 unspecified atom stereocenters. The fourth-order valence-electron chi connectivity index (χ4n) is 5.61. The van der Waals surface area contributed by atoms with E-state index in [1.54, 1.807) is 11.0 Å². The van der Waals surface area contributed by atoms with Crippen LogP contribution in [0.3, 0.4) is 0 Å². The van der Waals surface area contributed by atoms with Gasteiger partial charge in [0.1, 0.15) is 11.5 Å². The molecule has 3 N–H and O–H groups in total. The van der Waals surface area contributed by atoms with E-state index in [1.165, 1.54) is 0 Å². The minimum atomic E-state index is -0.310. The number of guanidine groups is 1. The van der Waals surface area contributed by atoms with Gasteiger partial charge in [0.15, 0.2) is 5.96 Å². The number of amides is 2. The molecule has 0 aliphatic carbocycles. The highest BCUT2D eigenvalue weighted by molar-refractivity contribution is 5.99. The van der Waals surface area contributed by atoms with Crippen molar-refractivity contribution in [1.82, 2.24) is 10.2 Å². The number of rotatable bonds is 0. The Kier molecular flexibility index (Phi) is 5.87. The van der Waals surface area contributed by atoms with Crippen molar-refractivity contribution in [1.29, 1.82) is 0 Å². The van der Waals surface area contributed by atoms with Gasteiger partial charge in [0.25, 0.3) is 5.91 Å². The summed E-state index contributed by atoms with van der Waals surface area (Å²) in [5, 5.41) is 3.20. The highest BCUT2D eigenvalue weighted by atomic mass is 16.5. The average molecular weight is 487 g/mol. The summed E-state index contributed by atoms with van der Waals surface area (Å²) in [6.45, 7) is 1.02. The topological polar surface area (TPSA) is 106 Å². The fraction of sp³-hybridized carbons (Fsp3) is 0.393. The van der Waals surface area contributed by atoms with E-state index in [1.807, 2.05) is 24.3 Å². The summed E-state index contributed by atoms with van der Waals surface area (Å²) in [5.41, 5.74) is 9.72. The maximum Gasteiger partial charge on any atom is 0.251 e. The van der Waals surface area contributed by atoms with Crippen LogP contribution in [0.5, 0.6) is 11.5 Å². The molecule has 8 nitrogen and oxygen atoms in total. The molecule has 0 fully saturated rings. The number of nitrogens with one attached hydrogen (secondary N) is 1. The number of hydrogen-bond donors (Lipinski definition) is 2. The predicted octanol–water partition coefficient (Wildman–Crippen LogP) is 3.88. The second-order valence-electron chi connectivity index (χ2n) is 9.81. The van der Waals surface area contributed by atoms with E-state index in [4.69, 9.17) is 15.2 Å². The minimum absolute atomic E-state index is 0.0283. The molecular weight excluding hydrogens is 456 g/mol. The van der Waals surface area contributed by atoms with Crippen LogP contribution in [-0.2, 0) is 4.79 Å². The van der Waals surface area contributed by atoms with Crippen molar-refractivity contribution in [2.24, 2.45) is 10.7 Å². The standard InChI is InChI=1S/C28H30N4O4/c29-28-30-19-5-3-1-2-4-17-6-8-24-20(14-17)22(10-12-35-24)31-27(34)18-7-9-25-21(15-18)23(11-13-36-25)32(28)26(33)16-19/h2,4,6-9,14-15,19,22-23H,1,3,5,10-13,16H2,(H2,29,30)(H,31,34)/b4-2+/t19?,22?,23-/m1/s1. The molecule has 8 heteroatoms. The first-order valence-electron chi connectivity index (χ1n) is 12.7. The fourth-order valence-corrected chi connectivity index (χ4v) is 5.61. The number of carbonyl (C=O) groups is 2. The Labute approximate surface area is 210 Å². The van der Waals surface area contributed by atoms with Gasteiger partial charge in [-0.3, -0.25) is 14.5 Å². The van der Waals surface area contributed by atoms with E-state index in [2.05, 4.69) is 28.5 Å². The summed E-state index contributed by atoms with van der Waals surface area (Å²) in [6.07, 6.45) is 8.46. The SMILES string of the molecule is NC1=NC2CCC/C=C/c3ccc4c(c3)C(CCO4)NC(=O)c3ccc4c(c3)[C@@H](CCO4)N1C(=O)C2. The third kappa shape index (κ3) is 4.21. The van der Waals surface area contributed by atoms with E-state index in [-0.39, 0.29) is 35.9 Å². The molecule has 5 heterocycles. The summed E-state index contributed by atoms with van der Waals surface area (Å²) in [5.74, 6) is 1.53. The molecule has 0 saturated heterocycles. The minimum Gasteiger partial charge on any atom is -0.493 e. The molecule has 5 aliphatic heterocycles. The first kappa shape index (κ1) is 22.6. The summed E-state index contributed by atoms with van der Waals surface area (Å²) in [4.78, 5) is 32.9. The predicted molar refractivity (Wildman–Crippen MR) is 136 cm³/mol. The number of benzene rings is 2. The smallest absolute Gasteiger partial charge is 0.251 e. The van der Waals surface area contributed by atoms with E-state index in [0.29, 0.717) is 43.8 Å². The number of carbonyl (C=O) groups excluding carboxylic acids is 2. The number of allylic oxidation sites excluding steroid dienone is 1. The van der Waals surface area contributed by atoms with Crippen LogP contribution in [0.25, 0.3) is 6.08 Å². The summed E-state index contributed by atoms with van der Waals surface area (Å²) in [7, 11) is 0. The summed E-state index contributed by atoms with van der Waals surface area (Å²) >= 11 is 0. The Hall–Kier alpha value is -3.81.